The molecule has 0 bridgehead atoms. The van der Waals surface area contributed by atoms with E-state index in [9.17, 15) is 4.79 Å². The summed E-state index contributed by atoms with van der Waals surface area (Å²) in [5.74, 6) is 0.579. The van der Waals surface area contributed by atoms with Crippen molar-refractivity contribution in [2.75, 3.05) is 25.6 Å². The lowest BCUT2D eigenvalue weighted by atomic mass is 10.2. The first-order valence-corrected chi connectivity index (χ1v) is 5.45. The van der Waals surface area contributed by atoms with Crippen LogP contribution in [-0.4, -0.2) is 26.5 Å². The minimum atomic E-state index is 0.0562. The van der Waals surface area contributed by atoms with Gasteiger partial charge in [-0.05, 0) is 19.1 Å². The minimum Gasteiger partial charge on any atom is -0.493 e. The van der Waals surface area contributed by atoms with E-state index in [4.69, 9.17) is 27.9 Å². The van der Waals surface area contributed by atoms with Crippen molar-refractivity contribution in [1.29, 1.82) is 0 Å². The van der Waals surface area contributed by atoms with Gasteiger partial charge >= 0.3 is 0 Å². The van der Waals surface area contributed by atoms with Gasteiger partial charge in [0.15, 0.2) is 5.75 Å². The fourth-order valence-electron chi connectivity index (χ4n) is 1.45. The lowest BCUT2D eigenvalue weighted by molar-refractivity contribution is -0.115. The van der Waals surface area contributed by atoms with Crippen molar-refractivity contribution in [2.24, 2.45) is 0 Å². The van der Waals surface area contributed by atoms with Crippen molar-refractivity contribution in [3.8, 4) is 5.75 Å². The molecule has 0 N–H and O–H groups in total. The number of halogens is 2. The highest BCUT2D eigenvalue weighted by atomic mass is 35.5. The first kappa shape index (κ1) is 13.1. The molecule has 88 valence electrons. The summed E-state index contributed by atoms with van der Waals surface area (Å²) in [5, 5.41) is 0.941. The monoisotopic (exact) mass is 261 g/mol. The summed E-state index contributed by atoms with van der Waals surface area (Å²) in [6.07, 6.45) is 0. The van der Waals surface area contributed by atoms with Crippen LogP contribution in [0.15, 0.2) is 12.1 Å². The highest BCUT2D eigenvalue weighted by Crippen LogP contribution is 2.37. The van der Waals surface area contributed by atoms with Crippen LogP contribution in [0.4, 0.5) is 5.69 Å². The van der Waals surface area contributed by atoms with Gasteiger partial charge < -0.3 is 9.64 Å². The highest BCUT2D eigenvalue weighted by Gasteiger charge is 2.14. The molecule has 1 aromatic carbocycles. The number of anilines is 1. The standard InChI is InChI=1S/C11H13Cl2NO2/c1-7(15)6-14(2)10-5-8(12)4-9(13)11(10)16-3/h4-5H,6H2,1-3H3. The van der Waals surface area contributed by atoms with Crippen LogP contribution in [0, 0.1) is 0 Å². The van der Waals surface area contributed by atoms with E-state index >= 15 is 0 Å². The third kappa shape index (κ3) is 3.03. The number of hydrogen-bond donors (Lipinski definition) is 0. The van der Waals surface area contributed by atoms with Gasteiger partial charge in [-0.25, -0.2) is 0 Å². The molecule has 0 heterocycles. The number of methoxy groups -OCH3 is 1. The molecule has 0 unspecified atom stereocenters. The Morgan fingerprint density at radius 2 is 2.06 bits per heavy atom. The Hall–Kier alpha value is -0.930. The van der Waals surface area contributed by atoms with Crippen LogP contribution in [0.25, 0.3) is 0 Å². The number of rotatable bonds is 4. The third-order valence-corrected chi connectivity index (χ3v) is 2.56. The summed E-state index contributed by atoms with van der Waals surface area (Å²) in [5.41, 5.74) is 0.704. The molecule has 1 aromatic rings. The Balaban J connectivity index is 3.15. The fraction of sp³-hybridized carbons (Fsp3) is 0.364. The third-order valence-electron chi connectivity index (χ3n) is 2.06. The van der Waals surface area contributed by atoms with Gasteiger partial charge in [0.05, 0.1) is 24.4 Å². The Morgan fingerprint density at radius 1 is 1.44 bits per heavy atom. The largest absolute Gasteiger partial charge is 0.493 e. The second-order valence-electron chi connectivity index (χ2n) is 3.50. The van der Waals surface area contributed by atoms with Crippen molar-refractivity contribution in [2.45, 2.75) is 6.92 Å². The molecule has 0 saturated carbocycles. The molecule has 0 atom stereocenters. The molecule has 0 aliphatic rings. The molecule has 0 saturated heterocycles. The molecule has 3 nitrogen and oxygen atoms in total. The van der Waals surface area contributed by atoms with Gasteiger partial charge in [-0.15, -0.1) is 0 Å². The number of ketones is 1. The van der Waals surface area contributed by atoms with E-state index in [1.54, 1.807) is 24.1 Å². The predicted octanol–water partition coefficient (Wildman–Crippen LogP) is 3.03. The Labute approximate surface area is 105 Å². The van der Waals surface area contributed by atoms with E-state index in [0.29, 0.717) is 21.5 Å². The first-order chi connectivity index (χ1) is 7.45. The molecule has 0 aliphatic carbocycles. The van der Waals surface area contributed by atoms with E-state index in [1.807, 2.05) is 0 Å². The van der Waals surface area contributed by atoms with Crippen LogP contribution in [0.2, 0.25) is 10.0 Å². The van der Waals surface area contributed by atoms with Crippen LogP contribution >= 0.6 is 23.2 Å². The average Bonchev–Trinajstić information content (AvgIpc) is 2.15. The average molecular weight is 262 g/mol. The molecule has 1 rings (SSSR count). The summed E-state index contributed by atoms with van der Waals surface area (Å²) in [6.45, 7) is 1.81. The SMILES string of the molecule is COc1c(Cl)cc(Cl)cc1N(C)CC(C)=O. The van der Waals surface area contributed by atoms with Gasteiger partial charge in [-0.3, -0.25) is 4.79 Å². The van der Waals surface area contributed by atoms with Gasteiger partial charge in [0, 0.05) is 12.1 Å². The molecular weight excluding hydrogens is 249 g/mol. The summed E-state index contributed by atoms with van der Waals surface area (Å²) >= 11 is 11.9. The van der Waals surface area contributed by atoms with Gasteiger partial charge in [0.2, 0.25) is 0 Å². The number of hydrogen-bond acceptors (Lipinski definition) is 3. The van der Waals surface area contributed by atoms with Gasteiger partial charge in [0.25, 0.3) is 0 Å². The number of carbonyl (C=O) groups excluding carboxylic acids is 1. The van der Waals surface area contributed by atoms with E-state index in [0.717, 1.165) is 0 Å². The minimum absolute atomic E-state index is 0.0562. The maximum atomic E-state index is 11.0. The Morgan fingerprint density at radius 3 is 2.56 bits per heavy atom. The van der Waals surface area contributed by atoms with E-state index in [-0.39, 0.29) is 12.3 Å². The lowest BCUT2D eigenvalue weighted by Gasteiger charge is -2.21. The predicted molar refractivity (Wildman–Crippen MR) is 67.0 cm³/mol. The van der Waals surface area contributed by atoms with Crippen LogP contribution in [0.1, 0.15) is 6.92 Å². The molecule has 0 amide bonds. The summed E-state index contributed by atoms with van der Waals surface area (Å²) in [4.78, 5) is 12.8. The van der Waals surface area contributed by atoms with Gasteiger partial charge in [0.1, 0.15) is 5.78 Å². The lowest BCUT2D eigenvalue weighted by Crippen LogP contribution is -2.24. The normalized spacial score (nSPS) is 10.1. The number of ether oxygens (including phenoxy) is 1. The molecule has 0 spiro atoms. The van der Waals surface area contributed by atoms with Crippen LogP contribution in [0.5, 0.6) is 5.75 Å². The quantitative estimate of drug-likeness (QED) is 0.835. The van der Waals surface area contributed by atoms with E-state index in [2.05, 4.69) is 0 Å². The number of nitrogens with zero attached hydrogens (tertiary/aromatic N) is 1. The second-order valence-corrected chi connectivity index (χ2v) is 4.34. The molecule has 0 aromatic heterocycles. The summed E-state index contributed by atoms with van der Waals surface area (Å²) in [7, 11) is 3.31. The maximum absolute atomic E-state index is 11.0. The number of Topliss-reactive ketones (excluding diaryl/α,β-unsaturated/α-hetero) is 1. The van der Waals surface area contributed by atoms with Crippen LogP contribution < -0.4 is 9.64 Å². The van der Waals surface area contributed by atoms with Crippen LogP contribution in [-0.2, 0) is 4.79 Å². The second kappa shape index (κ2) is 5.41. The van der Waals surface area contributed by atoms with E-state index < -0.39 is 0 Å². The van der Waals surface area contributed by atoms with Crippen molar-refractivity contribution in [3.05, 3.63) is 22.2 Å². The summed E-state index contributed by atoms with van der Waals surface area (Å²) in [6, 6.07) is 3.32. The van der Waals surface area contributed by atoms with Crippen molar-refractivity contribution < 1.29 is 9.53 Å². The highest BCUT2D eigenvalue weighted by molar-refractivity contribution is 6.36. The topological polar surface area (TPSA) is 29.5 Å². The maximum Gasteiger partial charge on any atom is 0.160 e. The molecule has 0 aliphatic heterocycles. The zero-order valence-corrected chi connectivity index (χ0v) is 10.9. The Bertz CT molecular complexity index is 407. The molecule has 5 heteroatoms. The van der Waals surface area contributed by atoms with Crippen molar-refractivity contribution in [3.63, 3.8) is 0 Å². The van der Waals surface area contributed by atoms with E-state index in [1.165, 1.54) is 14.0 Å². The molecule has 0 radical (unpaired) electrons. The summed E-state index contributed by atoms with van der Waals surface area (Å²) < 4.78 is 5.19. The number of likely N-dealkylation sites (N-methyl/N-ethyl adjacent to an activating group) is 1. The van der Waals surface area contributed by atoms with Crippen molar-refractivity contribution >= 4 is 34.7 Å². The number of carbonyl (C=O) groups is 1. The van der Waals surface area contributed by atoms with Gasteiger partial charge in [-0.1, -0.05) is 23.2 Å². The zero-order valence-electron chi connectivity index (χ0n) is 9.38. The zero-order chi connectivity index (χ0) is 12.3. The molecule has 0 fully saturated rings. The fourth-order valence-corrected chi connectivity index (χ4v) is 2.01. The van der Waals surface area contributed by atoms with Gasteiger partial charge in [-0.2, -0.15) is 0 Å². The first-order valence-electron chi connectivity index (χ1n) is 4.69. The number of benzene rings is 1. The molecular formula is C11H13Cl2NO2. The van der Waals surface area contributed by atoms with Crippen LogP contribution in [0.3, 0.4) is 0 Å². The molecule has 16 heavy (non-hydrogen) atoms. The smallest absolute Gasteiger partial charge is 0.160 e. The van der Waals surface area contributed by atoms with Crippen molar-refractivity contribution in [1.82, 2.24) is 0 Å². The Kier molecular flexibility index (Phi) is 4.44.